The summed E-state index contributed by atoms with van der Waals surface area (Å²) >= 11 is 12.3. The monoisotopic (exact) mass is 279 g/mol. The summed E-state index contributed by atoms with van der Waals surface area (Å²) in [4.78, 5) is 0. The second-order valence-corrected chi connectivity index (χ2v) is 4.99. The van der Waals surface area contributed by atoms with Gasteiger partial charge >= 0.3 is 0 Å². The number of hydrogen-bond acceptors (Lipinski definition) is 1. The highest BCUT2D eigenvalue weighted by Gasteiger charge is 2.12. The highest BCUT2D eigenvalue weighted by molar-refractivity contribution is 6.35. The topological polar surface area (TPSA) is 9.23 Å². The van der Waals surface area contributed by atoms with Gasteiger partial charge in [-0.15, -0.1) is 0 Å². The van der Waals surface area contributed by atoms with E-state index in [9.17, 15) is 0 Å². The van der Waals surface area contributed by atoms with Crippen molar-refractivity contribution in [3.63, 3.8) is 0 Å². The lowest BCUT2D eigenvalue weighted by atomic mass is 9.95. The predicted molar refractivity (Wildman–Crippen MR) is 76.8 cm³/mol. The van der Waals surface area contributed by atoms with E-state index in [0.717, 1.165) is 28.0 Å². The molecule has 0 unspecified atom stereocenters. The molecule has 0 bridgehead atoms. The molecule has 1 radical (unpaired) electrons. The molecule has 2 aromatic rings. The van der Waals surface area contributed by atoms with Crippen molar-refractivity contribution in [2.75, 3.05) is 7.11 Å². The third kappa shape index (κ3) is 2.47. The van der Waals surface area contributed by atoms with E-state index in [2.05, 4.69) is 6.07 Å². The van der Waals surface area contributed by atoms with E-state index in [1.54, 1.807) is 13.2 Å². The summed E-state index contributed by atoms with van der Waals surface area (Å²) in [5.41, 5.74) is 4.07. The summed E-state index contributed by atoms with van der Waals surface area (Å²) in [7, 11) is 1.64. The predicted octanol–water partition coefficient (Wildman–Crippen LogP) is 5.09. The van der Waals surface area contributed by atoms with Gasteiger partial charge in [0.1, 0.15) is 5.75 Å². The molecule has 0 N–H and O–H groups in total. The van der Waals surface area contributed by atoms with Gasteiger partial charge in [0.2, 0.25) is 0 Å². The Hall–Kier alpha value is -1.18. The van der Waals surface area contributed by atoms with E-state index in [-0.39, 0.29) is 0 Å². The van der Waals surface area contributed by atoms with Crippen LogP contribution in [0.15, 0.2) is 24.3 Å². The zero-order valence-electron chi connectivity index (χ0n) is 10.5. The van der Waals surface area contributed by atoms with Gasteiger partial charge in [-0.05, 0) is 54.8 Å². The smallest absolute Gasteiger partial charge is 0.127 e. The van der Waals surface area contributed by atoms with Crippen LogP contribution in [0.3, 0.4) is 0 Å². The Balaban J connectivity index is 2.67. The Bertz CT molecular complexity index is 568. The first-order valence-corrected chi connectivity index (χ1v) is 6.31. The molecule has 0 aromatic heterocycles. The first-order chi connectivity index (χ1) is 8.52. The van der Waals surface area contributed by atoms with E-state index in [1.807, 2.05) is 32.0 Å². The lowest BCUT2D eigenvalue weighted by Gasteiger charge is -2.13. The minimum Gasteiger partial charge on any atom is -0.496 e. The average Bonchev–Trinajstić information content (AvgIpc) is 2.32. The fourth-order valence-corrected chi connectivity index (χ4v) is 2.45. The quantitative estimate of drug-likeness (QED) is 0.744. The lowest BCUT2D eigenvalue weighted by molar-refractivity contribution is 0.413. The zero-order chi connectivity index (χ0) is 13.3. The molecule has 3 heteroatoms. The number of benzene rings is 2. The van der Waals surface area contributed by atoms with E-state index in [0.29, 0.717) is 10.0 Å². The Morgan fingerprint density at radius 1 is 1.11 bits per heavy atom. The van der Waals surface area contributed by atoms with Crippen LogP contribution < -0.4 is 4.74 Å². The standard InChI is InChI=1S/C15H13Cl2O/c1-9-6-12(18-3)7-10(2)15(9)13-8-11(16)4-5-14(13)17/h4-6,8H,1-3H3. The molecule has 93 valence electrons. The SMILES string of the molecule is COc1[c]c(C)c(-c2cc(Cl)ccc2Cl)c(C)c1. The largest absolute Gasteiger partial charge is 0.496 e. The Kier molecular flexibility index (Phi) is 3.84. The normalized spacial score (nSPS) is 10.5. The van der Waals surface area contributed by atoms with Crippen molar-refractivity contribution < 1.29 is 4.74 Å². The van der Waals surface area contributed by atoms with Crippen LogP contribution >= 0.6 is 23.2 Å². The lowest BCUT2D eigenvalue weighted by Crippen LogP contribution is -1.93. The van der Waals surface area contributed by atoms with Crippen molar-refractivity contribution in [3.8, 4) is 16.9 Å². The average molecular weight is 280 g/mol. The zero-order valence-corrected chi connectivity index (χ0v) is 12.0. The third-order valence-corrected chi connectivity index (χ3v) is 3.41. The van der Waals surface area contributed by atoms with Crippen LogP contribution in [-0.4, -0.2) is 7.11 Å². The Morgan fingerprint density at radius 2 is 1.83 bits per heavy atom. The number of rotatable bonds is 2. The van der Waals surface area contributed by atoms with Gasteiger partial charge in [-0.3, -0.25) is 0 Å². The molecule has 0 spiro atoms. The van der Waals surface area contributed by atoms with Gasteiger partial charge in [0.05, 0.1) is 7.11 Å². The first kappa shape index (κ1) is 13.3. The van der Waals surface area contributed by atoms with Gasteiger partial charge in [-0.2, -0.15) is 0 Å². The molecule has 2 aromatic carbocycles. The Morgan fingerprint density at radius 3 is 2.44 bits per heavy atom. The molecule has 0 amide bonds. The van der Waals surface area contributed by atoms with Crippen molar-refractivity contribution in [2.45, 2.75) is 13.8 Å². The molecule has 0 fully saturated rings. The summed E-state index contributed by atoms with van der Waals surface area (Å²) in [6.45, 7) is 4.01. The molecule has 0 aliphatic carbocycles. The van der Waals surface area contributed by atoms with Gasteiger partial charge < -0.3 is 4.74 Å². The summed E-state index contributed by atoms with van der Waals surface area (Å²) in [5.74, 6) is 0.729. The molecule has 0 aliphatic rings. The molecule has 0 heterocycles. The number of methoxy groups -OCH3 is 1. The summed E-state index contributed by atoms with van der Waals surface area (Å²) < 4.78 is 5.21. The highest BCUT2D eigenvalue weighted by atomic mass is 35.5. The second kappa shape index (κ2) is 5.21. The molecule has 0 saturated heterocycles. The van der Waals surface area contributed by atoms with Crippen molar-refractivity contribution >= 4 is 23.2 Å². The Labute approximate surface area is 117 Å². The molecule has 0 atom stereocenters. The van der Waals surface area contributed by atoms with Crippen LogP contribution in [0.4, 0.5) is 0 Å². The summed E-state index contributed by atoms with van der Waals surface area (Å²) in [6.07, 6.45) is 0. The van der Waals surface area contributed by atoms with Gasteiger partial charge in [-0.25, -0.2) is 0 Å². The number of ether oxygens (including phenoxy) is 1. The molecular formula is C15H13Cl2O. The fraction of sp³-hybridized carbons (Fsp3) is 0.200. The number of halogens is 2. The molecule has 0 saturated carbocycles. The van der Waals surface area contributed by atoms with E-state index in [4.69, 9.17) is 27.9 Å². The van der Waals surface area contributed by atoms with E-state index >= 15 is 0 Å². The maximum atomic E-state index is 6.24. The van der Waals surface area contributed by atoms with Crippen molar-refractivity contribution in [1.29, 1.82) is 0 Å². The molecule has 0 aliphatic heterocycles. The van der Waals surface area contributed by atoms with Crippen molar-refractivity contribution in [3.05, 3.63) is 51.5 Å². The molecule has 1 nitrogen and oxygen atoms in total. The molecular weight excluding hydrogens is 267 g/mol. The maximum absolute atomic E-state index is 6.24. The molecule has 18 heavy (non-hydrogen) atoms. The summed E-state index contributed by atoms with van der Waals surface area (Å²) in [6, 6.07) is 10.6. The highest BCUT2D eigenvalue weighted by Crippen LogP contribution is 2.36. The minimum absolute atomic E-state index is 0.670. The molecule has 2 rings (SSSR count). The van der Waals surface area contributed by atoms with Crippen LogP contribution in [-0.2, 0) is 0 Å². The van der Waals surface area contributed by atoms with Crippen molar-refractivity contribution in [1.82, 2.24) is 0 Å². The van der Waals surface area contributed by atoms with E-state index < -0.39 is 0 Å². The third-order valence-electron chi connectivity index (χ3n) is 2.85. The van der Waals surface area contributed by atoms with Gasteiger partial charge in [0.15, 0.2) is 0 Å². The second-order valence-electron chi connectivity index (χ2n) is 4.14. The van der Waals surface area contributed by atoms with Crippen LogP contribution in [0.25, 0.3) is 11.1 Å². The van der Waals surface area contributed by atoms with Gasteiger partial charge in [0, 0.05) is 21.7 Å². The first-order valence-electron chi connectivity index (χ1n) is 5.56. The number of aryl methyl sites for hydroxylation is 2. The van der Waals surface area contributed by atoms with Crippen molar-refractivity contribution in [2.24, 2.45) is 0 Å². The summed E-state index contributed by atoms with van der Waals surface area (Å²) in [5, 5.41) is 1.35. The van der Waals surface area contributed by atoms with Crippen LogP contribution in [0, 0.1) is 19.9 Å². The fourth-order valence-electron chi connectivity index (χ4n) is 2.06. The number of hydrogen-bond donors (Lipinski definition) is 0. The minimum atomic E-state index is 0.670. The van der Waals surface area contributed by atoms with Crippen LogP contribution in [0.2, 0.25) is 10.0 Å². The van der Waals surface area contributed by atoms with Gasteiger partial charge in [0.25, 0.3) is 0 Å². The van der Waals surface area contributed by atoms with Crippen LogP contribution in [0.1, 0.15) is 11.1 Å². The maximum Gasteiger partial charge on any atom is 0.127 e. The van der Waals surface area contributed by atoms with E-state index in [1.165, 1.54) is 0 Å². The van der Waals surface area contributed by atoms with Crippen LogP contribution in [0.5, 0.6) is 5.75 Å². The van der Waals surface area contributed by atoms with Gasteiger partial charge in [-0.1, -0.05) is 23.2 Å².